The molecule has 2 nitrogen and oxygen atoms in total. The molecule has 0 aromatic heterocycles. The van der Waals surface area contributed by atoms with Crippen LogP contribution in [0.15, 0.2) is 30.3 Å². The van der Waals surface area contributed by atoms with Gasteiger partial charge in [0, 0.05) is 0 Å². The van der Waals surface area contributed by atoms with Crippen LogP contribution >= 0.6 is 0 Å². The Morgan fingerprint density at radius 2 is 1.73 bits per heavy atom. The average molecular weight is 220 g/mol. The van der Waals surface area contributed by atoms with Crippen LogP contribution < -0.4 is 0 Å². The van der Waals surface area contributed by atoms with Crippen molar-refractivity contribution in [2.45, 2.75) is 31.3 Å². The molecule has 80 valence electrons. The van der Waals surface area contributed by atoms with Crippen LogP contribution in [-0.4, -0.2) is 14.0 Å². The second-order valence-electron chi connectivity index (χ2n) is 5.11. The molecule has 1 aromatic rings. The summed E-state index contributed by atoms with van der Waals surface area (Å²) >= 11 is 0. The van der Waals surface area contributed by atoms with Crippen LogP contribution in [0.25, 0.3) is 0 Å². The van der Waals surface area contributed by atoms with E-state index in [1.807, 2.05) is 30.3 Å². The van der Waals surface area contributed by atoms with Crippen molar-refractivity contribution in [1.82, 2.24) is 0 Å². The van der Waals surface area contributed by atoms with Gasteiger partial charge in [0.2, 0.25) is 0 Å². The molecular weight excluding hydrogens is 204 g/mol. The van der Waals surface area contributed by atoms with Crippen molar-refractivity contribution in [3.05, 3.63) is 35.9 Å². The number of hydrogen-bond donors (Lipinski definition) is 0. The molecule has 2 rings (SSSR count). The third-order valence-corrected chi connectivity index (χ3v) is 5.27. The first-order chi connectivity index (χ1) is 7.00. The zero-order valence-corrected chi connectivity index (χ0v) is 10.4. The first kappa shape index (κ1) is 10.4. The minimum absolute atomic E-state index is 0.00497. The molecule has 0 amide bonds. The van der Waals surface area contributed by atoms with Gasteiger partial charge in [0.1, 0.15) is 6.10 Å². The van der Waals surface area contributed by atoms with Gasteiger partial charge >= 0.3 is 5.97 Å². The number of hydrogen-bond acceptors (Lipinski definition) is 2. The third-order valence-electron chi connectivity index (χ3n) is 2.86. The van der Waals surface area contributed by atoms with E-state index in [9.17, 15) is 4.79 Å². The molecule has 1 aliphatic rings. The lowest BCUT2D eigenvalue weighted by Crippen LogP contribution is -2.47. The number of ether oxygens (including phenoxy) is 1. The Balaban J connectivity index is 2.23. The number of cyclic esters (lactones) is 1. The SMILES string of the molecule is C[Si](C)(C)[C@H]1C(=O)O[C@@H]1c1ccccc1. The number of rotatable bonds is 2. The van der Waals surface area contributed by atoms with Gasteiger partial charge in [-0.1, -0.05) is 50.0 Å². The van der Waals surface area contributed by atoms with Gasteiger partial charge in [0.05, 0.1) is 13.6 Å². The molecule has 0 N–H and O–H groups in total. The van der Waals surface area contributed by atoms with E-state index >= 15 is 0 Å². The highest BCUT2D eigenvalue weighted by atomic mass is 28.3. The van der Waals surface area contributed by atoms with E-state index in [4.69, 9.17) is 4.74 Å². The van der Waals surface area contributed by atoms with Gasteiger partial charge < -0.3 is 4.74 Å². The number of carbonyl (C=O) groups excluding carboxylic acids is 1. The lowest BCUT2D eigenvalue weighted by Gasteiger charge is -2.42. The van der Waals surface area contributed by atoms with Gasteiger partial charge in [0.25, 0.3) is 0 Å². The zero-order valence-electron chi connectivity index (χ0n) is 9.36. The maximum atomic E-state index is 11.5. The summed E-state index contributed by atoms with van der Waals surface area (Å²) in [5, 5.41) is 0. The van der Waals surface area contributed by atoms with E-state index in [1.54, 1.807) is 0 Å². The Morgan fingerprint density at radius 3 is 2.20 bits per heavy atom. The molecule has 0 bridgehead atoms. The molecule has 0 saturated carbocycles. The summed E-state index contributed by atoms with van der Waals surface area (Å²) in [6.45, 7) is 6.65. The summed E-state index contributed by atoms with van der Waals surface area (Å²) in [4.78, 5) is 11.5. The predicted molar refractivity (Wildman–Crippen MR) is 62.4 cm³/mol. The average Bonchev–Trinajstić information content (AvgIpc) is 2.12. The van der Waals surface area contributed by atoms with Crippen LogP contribution in [0.5, 0.6) is 0 Å². The largest absolute Gasteiger partial charge is 0.457 e. The molecule has 1 aromatic carbocycles. The van der Waals surface area contributed by atoms with Crippen LogP contribution in [0.1, 0.15) is 11.7 Å². The van der Waals surface area contributed by atoms with E-state index in [2.05, 4.69) is 19.6 Å². The minimum atomic E-state index is -1.46. The fraction of sp³-hybridized carbons (Fsp3) is 0.417. The second-order valence-corrected chi connectivity index (χ2v) is 10.5. The Bertz CT molecular complexity index is 367. The smallest absolute Gasteiger partial charge is 0.310 e. The van der Waals surface area contributed by atoms with Crippen LogP contribution in [0.2, 0.25) is 25.2 Å². The topological polar surface area (TPSA) is 26.3 Å². The maximum absolute atomic E-state index is 11.5. The minimum Gasteiger partial charge on any atom is -0.457 e. The Labute approximate surface area is 91.3 Å². The van der Waals surface area contributed by atoms with Crippen LogP contribution in [0.3, 0.4) is 0 Å². The van der Waals surface area contributed by atoms with Crippen molar-refractivity contribution >= 4 is 14.0 Å². The standard InChI is InChI=1S/C12H16O2Si/c1-15(2,3)11-10(14-12(11)13)9-7-5-4-6-8-9/h4-8,10-11H,1-3H3/t10-,11-/m1/s1. The Hall–Kier alpha value is -1.09. The fourth-order valence-corrected chi connectivity index (χ4v) is 3.97. The third kappa shape index (κ3) is 1.84. The van der Waals surface area contributed by atoms with Crippen molar-refractivity contribution in [2.75, 3.05) is 0 Å². The molecule has 15 heavy (non-hydrogen) atoms. The molecule has 0 spiro atoms. The molecule has 1 aliphatic heterocycles. The van der Waals surface area contributed by atoms with Crippen molar-refractivity contribution in [2.24, 2.45) is 0 Å². The molecule has 0 unspecified atom stereocenters. The van der Waals surface area contributed by atoms with Crippen molar-refractivity contribution in [3.63, 3.8) is 0 Å². The van der Waals surface area contributed by atoms with Crippen molar-refractivity contribution < 1.29 is 9.53 Å². The summed E-state index contributed by atoms with van der Waals surface area (Å²) in [5.74, 6) is -0.0111. The van der Waals surface area contributed by atoms with Gasteiger partial charge in [-0.3, -0.25) is 4.79 Å². The number of esters is 1. The van der Waals surface area contributed by atoms with Gasteiger partial charge in [-0.25, -0.2) is 0 Å². The molecular formula is C12H16O2Si. The zero-order chi connectivity index (χ0) is 11.1. The van der Waals surface area contributed by atoms with E-state index in [-0.39, 0.29) is 17.6 Å². The number of carbonyl (C=O) groups is 1. The Kier molecular flexibility index (Phi) is 2.42. The monoisotopic (exact) mass is 220 g/mol. The normalized spacial score (nSPS) is 25.7. The lowest BCUT2D eigenvalue weighted by atomic mass is 10.0. The van der Waals surface area contributed by atoms with Crippen molar-refractivity contribution in [3.8, 4) is 0 Å². The fourth-order valence-electron chi connectivity index (χ4n) is 2.03. The van der Waals surface area contributed by atoms with Crippen LogP contribution in [0, 0.1) is 0 Å². The van der Waals surface area contributed by atoms with Gasteiger partial charge in [0.15, 0.2) is 0 Å². The summed E-state index contributed by atoms with van der Waals surface area (Å²) in [6.07, 6.45) is 0.00497. The molecule has 0 aliphatic carbocycles. The molecule has 1 heterocycles. The second kappa shape index (κ2) is 3.49. The van der Waals surface area contributed by atoms with E-state index in [0.717, 1.165) is 5.56 Å². The van der Waals surface area contributed by atoms with E-state index < -0.39 is 8.07 Å². The molecule has 0 radical (unpaired) electrons. The van der Waals surface area contributed by atoms with Gasteiger partial charge in [-0.15, -0.1) is 0 Å². The van der Waals surface area contributed by atoms with Crippen molar-refractivity contribution in [1.29, 1.82) is 0 Å². The summed E-state index contributed by atoms with van der Waals surface area (Å²) in [5.41, 5.74) is 1.25. The van der Waals surface area contributed by atoms with E-state index in [0.29, 0.717) is 0 Å². The molecule has 1 fully saturated rings. The number of benzene rings is 1. The van der Waals surface area contributed by atoms with Gasteiger partial charge in [-0.05, 0) is 5.56 Å². The first-order valence-electron chi connectivity index (χ1n) is 5.25. The predicted octanol–water partition coefficient (Wildman–Crippen LogP) is 2.99. The molecule has 2 atom stereocenters. The quantitative estimate of drug-likeness (QED) is 0.566. The lowest BCUT2D eigenvalue weighted by molar-refractivity contribution is -0.170. The summed E-state index contributed by atoms with van der Waals surface area (Å²) in [7, 11) is -1.46. The van der Waals surface area contributed by atoms with E-state index in [1.165, 1.54) is 0 Å². The maximum Gasteiger partial charge on any atom is 0.310 e. The summed E-state index contributed by atoms with van der Waals surface area (Å²) in [6, 6.07) is 10.0. The first-order valence-corrected chi connectivity index (χ1v) is 8.83. The highest BCUT2D eigenvalue weighted by Crippen LogP contribution is 2.47. The van der Waals surface area contributed by atoms with Crippen LogP contribution in [0.4, 0.5) is 0 Å². The Morgan fingerprint density at radius 1 is 1.13 bits per heavy atom. The molecule has 1 saturated heterocycles. The highest BCUT2D eigenvalue weighted by Gasteiger charge is 2.50. The van der Waals surface area contributed by atoms with Gasteiger partial charge in [-0.2, -0.15) is 0 Å². The molecule has 3 heteroatoms. The summed E-state index contributed by atoms with van der Waals surface area (Å²) < 4.78 is 5.26. The highest BCUT2D eigenvalue weighted by molar-refractivity contribution is 6.81. The van der Waals surface area contributed by atoms with Crippen LogP contribution in [-0.2, 0) is 9.53 Å².